The van der Waals surface area contributed by atoms with Crippen LogP contribution in [0.5, 0.6) is 0 Å². The third-order valence-electron chi connectivity index (χ3n) is 2.83. The molecular weight excluding hydrogens is 284 g/mol. The highest BCUT2D eigenvalue weighted by atomic mass is 16.5. The lowest BCUT2D eigenvalue weighted by molar-refractivity contribution is -0.129. The Kier molecular flexibility index (Phi) is 6.19. The second kappa shape index (κ2) is 8.63. The van der Waals surface area contributed by atoms with E-state index >= 15 is 0 Å². The second-order valence-corrected chi connectivity index (χ2v) is 4.61. The zero-order valence-corrected chi connectivity index (χ0v) is 12.1. The van der Waals surface area contributed by atoms with Gasteiger partial charge in [0.2, 0.25) is 11.8 Å². The zero-order chi connectivity index (χ0) is 15.6. The van der Waals surface area contributed by atoms with Crippen molar-refractivity contribution in [3.63, 3.8) is 0 Å². The molecule has 2 amide bonds. The van der Waals surface area contributed by atoms with Crippen LogP contribution in [0.3, 0.4) is 0 Å². The largest absolute Gasteiger partial charge is 0.467 e. The summed E-state index contributed by atoms with van der Waals surface area (Å²) in [5.74, 6) is 0.0442. The molecule has 0 bridgehead atoms. The van der Waals surface area contributed by atoms with Gasteiger partial charge < -0.3 is 19.8 Å². The fourth-order valence-corrected chi connectivity index (χ4v) is 1.73. The fraction of sp³-hybridized carbons (Fsp3) is 0.250. The Labute approximate surface area is 128 Å². The van der Waals surface area contributed by atoms with Crippen LogP contribution >= 0.6 is 0 Å². The summed E-state index contributed by atoms with van der Waals surface area (Å²) in [6.07, 6.45) is 1.54. The molecule has 1 aromatic heterocycles. The van der Waals surface area contributed by atoms with Gasteiger partial charge in [0.05, 0.1) is 26.0 Å². The van der Waals surface area contributed by atoms with E-state index in [0.29, 0.717) is 18.9 Å². The summed E-state index contributed by atoms with van der Waals surface area (Å²) in [6.45, 7) is 0.486. The van der Waals surface area contributed by atoms with E-state index in [1.54, 1.807) is 12.1 Å². The molecule has 1 aromatic carbocycles. The molecule has 0 atom stereocenters. The maximum Gasteiger partial charge on any atom is 0.246 e. The lowest BCUT2D eigenvalue weighted by Crippen LogP contribution is -2.38. The van der Waals surface area contributed by atoms with Crippen molar-refractivity contribution in [1.29, 1.82) is 0 Å². The molecule has 0 unspecified atom stereocenters. The first-order valence-electron chi connectivity index (χ1n) is 6.91. The number of amides is 2. The summed E-state index contributed by atoms with van der Waals surface area (Å²) in [7, 11) is 0. The van der Waals surface area contributed by atoms with Crippen molar-refractivity contribution in [1.82, 2.24) is 10.6 Å². The van der Waals surface area contributed by atoms with E-state index in [4.69, 9.17) is 9.15 Å². The molecule has 2 rings (SSSR count). The van der Waals surface area contributed by atoms with E-state index in [1.165, 1.54) is 6.26 Å². The molecule has 0 aliphatic rings. The Hall–Kier alpha value is -2.60. The summed E-state index contributed by atoms with van der Waals surface area (Å²) >= 11 is 0. The van der Waals surface area contributed by atoms with Gasteiger partial charge in [0.1, 0.15) is 12.4 Å². The van der Waals surface area contributed by atoms with Crippen molar-refractivity contribution in [3.8, 4) is 0 Å². The minimum Gasteiger partial charge on any atom is -0.467 e. The first-order chi connectivity index (χ1) is 10.7. The van der Waals surface area contributed by atoms with Crippen LogP contribution in [0.4, 0.5) is 0 Å². The highest BCUT2D eigenvalue weighted by Crippen LogP contribution is 2.00. The van der Waals surface area contributed by atoms with Crippen molar-refractivity contribution in [2.45, 2.75) is 13.2 Å². The Morgan fingerprint density at radius 2 is 1.82 bits per heavy atom. The molecule has 6 nitrogen and oxygen atoms in total. The maximum absolute atomic E-state index is 11.5. The Morgan fingerprint density at radius 1 is 1.00 bits per heavy atom. The first-order valence-corrected chi connectivity index (χ1v) is 6.91. The summed E-state index contributed by atoms with van der Waals surface area (Å²) < 4.78 is 10.4. The van der Waals surface area contributed by atoms with Gasteiger partial charge in [-0.2, -0.15) is 0 Å². The molecule has 116 valence electrons. The normalized spacial score (nSPS) is 10.2. The number of furan rings is 1. The first kappa shape index (κ1) is 15.8. The van der Waals surface area contributed by atoms with Gasteiger partial charge in [-0.05, 0) is 17.7 Å². The molecule has 0 saturated carbocycles. The van der Waals surface area contributed by atoms with E-state index in [-0.39, 0.29) is 25.0 Å². The van der Waals surface area contributed by atoms with Gasteiger partial charge in [-0.3, -0.25) is 9.59 Å². The van der Waals surface area contributed by atoms with E-state index in [2.05, 4.69) is 10.6 Å². The minimum atomic E-state index is -0.330. The van der Waals surface area contributed by atoms with Crippen LogP contribution in [0.25, 0.3) is 0 Å². The van der Waals surface area contributed by atoms with Crippen LogP contribution in [-0.2, 0) is 27.5 Å². The van der Waals surface area contributed by atoms with E-state index in [9.17, 15) is 9.59 Å². The number of carbonyl (C=O) groups excluding carboxylic acids is 2. The van der Waals surface area contributed by atoms with E-state index in [1.807, 2.05) is 30.3 Å². The predicted octanol–water partition coefficient (Wildman–Crippen LogP) is 1.23. The van der Waals surface area contributed by atoms with Crippen molar-refractivity contribution < 1.29 is 18.7 Å². The number of hydrogen-bond acceptors (Lipinski definition) is 4. The average molecular weight is 302 g/mol. The summed E-state index contributed by atoms with van der Waals surface area (Å²) in [5, 5.41) is 5.13. The number of nitrogens with one attached hydrogen (secondary N) is 2. The lowest BCUT2D eigenvalue weighted by atomic mass is 10.2. The number of rotatable bonds is 8. The Morgan fingerprint density at radius 3 is 2.55 bits per heavy atom. The van der Waals surface area contributed by atoms with Crippen LogP contribution in [-0.4, -0.2) is 25.0 Å². The number of hydrogen-bond donors (Lipinski definition) is 2. The van der Waals surface area contributed by atoms with Crippen LogP contribution in [0.15, 0.2) is 53.1 Å². The molecule has 22 heavy (non-hydrogen) atoms. The minimum absolute atomic E-state index is 0.0830. The number of carbonyl (C=O) groups is 2. The lowest BCUT2D eigenvalue weighted by Gasteiger charge is -2.07. The van der Waals surface area contributed by atoms with Gasteiger partial charge in [0.25, 0.3) is 0 Å². The number of benzene rings is 1. The van der Waals surface area contributed by atoms with Gasteiger partial charge in [-0.1, -0.05) is 30.3 Å². The predicted molar refractivity (Wildman–Crippen MR) is 79.7 cm³/mol. The second-order valence-electron chi connectivity index (χ2n) is 4.61. The van der Waals surface area contributed by atoms with Crippen LogP contribution in [0.1, 0.15) is 11.3 Å². The molecule has 0 saturated heterocycles. The summed E-state index contributed by atoms with van der Waals surface area (Å²) in [5.41, 5.74) is 0.992. The van der Waals surface area contributed by atoms with Crippen LogP contribution < -0.4 is 10.6 Å². The van der Waals surface area contributed by atoms with Gasteiger partial charge in [-0.25, -0.2) is 0 Å². The van der Waals surface area contributed by atoms with Gasteiger partial charge in [0, 0.05) is 0 Å². The standard InChI is InChI=1S/C16H18N2O4/c19-15(17-9-14-7-4-8-22-14)10-18-16(20)12-21-11-13-5-2-1-3-6-13/h1-8H,9-12H2,(H,17,19)(H,18,20). The average Bonchev–Trinajstić information content (AvgIpc) is 3.05. The fourth-order valence-electron chi connectivity index (χ4n) is 1.73. The van der Waals surface area contributed by atoms with Crippen LogP contribution in [0, 0.1) is 0 Å². The molecule has 0 fully saturated rings. The third kappa shape index (κ3) is 5.80. The van der Waals surface area contributed by atoms with Crippen molar-refractivity contribution in [3.05, 3.63) is 60.1 Å². The zero-order valence-electron chi connectivity index (χ0n) is 12.1. The summed E-state index contributed by atoms with van der Waals surface area (Å²) in [6, 6.07) is 13.1. The number of ether oxygens (including phenoxy) is 1. The topological polar surface area (TPSA) is 80.6 Å². The van der Waals surface area contributed by atoms with E-state index < -0.39 is 0 Å². The quantitative estimate of drug-likeness (QED) is 0.768. The molecule has 0 aliphatic carbocycles. The molecule has 0 radical (unpaired) electrons. The van der Waals surface area contributed by atoms with Crippen LogP contribution in [0.2, 0.25) is 0 Å². The van der Waals surface area contributed by atoms with Crippen molar-refractivity contribution in [2.24, 2.45) is 0 Å². The monoisotopic (exact) mass is 302 g/mol. The van der Waals surface area contributed by atoms with Crippen molar-refractivity contribution >= 4 is 11.8 Å². The van der Waals surface area contributed by atoms with Gasteiger partial charge >= 0.3 is 0 Å². The maximum atomic E-state index is 11.5. The molecule has 0 aliphatic heterocycles. The van der Waals surface area contributed by atoms with E-state index in [0.717, 1.165) is 5.56 Å². The highest BCUT2D eigenvalue weighted by molar-refractivity contribution is 5.85. The smallest absolute Gasteiger partial charge is 0.246 e. The molecule has 1 heterocycles. The van der Waals surface area contributed by atoms with Gasteiger partial charge in [0.15, 0.2) is 0 Å². The molecule has 2 aromatic rings. The Bertz CT molecular complexity index is 581. The molecular formula is C16H18N2O4. The van der Waals surface area contributed by atoms with Crippen molar-refractivity contribution in [2.75, 3.05) is 13.2 Å². The Balaban J connectivity index is 1.56. The molecule has 0 spiro atoms. The molecule has 6 heteroatoms. The highest BCUT2D eigenvalue weighted by Gasteiger charge is 2.06. The molecule has 2 N–H and O–H groups in total. The summed E-state index contributed by atoms with van der Waals surface area (Å²) in [4.78, 5) is 23.1. The van der Waals surface area contributed by atoms with Gasteiger partial charge in [-0.15, -0.1) is 0 Å². The third-order valence-corrected chi connectivity index (χ3v) is 2.83. The SMILES string of the molecule is O=C(CNC(=O)COCc1ccccc1)NCc1ccco1.